The smallest absolute Gasteiger partial charge is 0.261 e. The van der Waals surface area contributed by atoms with Gasteiger partial charge in [0, 0.05) is 5.56 Å². The number of carbonyl (C=O) groups excluding carboxylic acids is 1. The minimum Gasteiger partial charge on any atom is -0.493 e. The van der Waals surface area contributed by atoms with Crippen LogP contribution in [0.15, 0.2) is 41.6 Å². The number of halogens is 1. The van der Waals surface area contributed by atoms with Crippen molar-refractivity contribution in [2.45, 2.75) is 26.3 Å². The molecule has 0 unspecified atom stereocenters. The number of nitrogens with zero attached hydrogens (tertiary/aromatic N) is 1. The molecule has 2 rings (SSSR count). The molecule has 6 nitrogen and oxygen atoms in total. The van der Waals surface area contributed by atoms with E-state index in [9.17, 15) is 4.79 Å². The van der Waals surface area contributed by atoms with Crippen LogP contribution in [0.1, 0.15) is 36.6 Å². The van der Waals surface area contributed by atoms with Crippen LogP contribution in [0, 0.1) is 0 Å². The molecular weight excluding hydrogens is 380 g/mol. The number of rotatable bonds is 9. The molecule has 1 amide bonds. The average molecular weight is 405 g/mol. The first kappa shape index (κ1) is 21.6. The third-order valence-corrected chi connectivity index (χ3v) is 4.47. The first-order valence-electron chi connectivity index (χ1n) is 8.93. The minimum atomic E-state index is -0.255. The first-order chi connectivity index (χ1) is 13.5. The summed E-state index contributed by atoms with van der Waals surface area (Å²) in [4.78, 5) is 17.1. The molecule has 0 aliphatic rings. The summed E-state index contributed by atoms with van der Waals surface area (Å²) in [7, 11) is 3.03. The van der Waals surface area contributed by atoms with E-state index < -0.39 is 0 Å². The first-order valence-corrected chi connectivity index (χ1v) is 9.31. The lowest BCUT2D eigenvalue weighted by molar-refractivity contribution is -0.126. The predicted octanol–water partition coefficient (Wildman–Crippen LogP) is 4.15. The predicted molar refractivity (Wildman–Crippen MR) is 110 cm³/mol. The molecule has 2 aromatic rings. The Bertz CT molecular complexity index is 822. The molecule has 28 heavy (non-hydrogen) atoms. The number of hydrogen-bond acceptors (Lipinski definition) is 5. The number of aryl methyl sites for hydroxylation is 1. The number of oxime groups is 1. The summed E-state index contributed by atoms with van der Waals surface area (Å²) < 4.78 is 10.4. The van der Waals surface area contributed by atoms with Gasteiger partial charge in [-0.25, -0.2) is 0 Å². The van der Waals surface area contributed by atoms with E-state index in [0.29, 0.717) is 22.1 Å². The minimum absolute atomic E-state index is 0.115. The van der Waals surface area contributed by atoms with Crippen LogP contribution in [-0.4, -0.2) is 32.9 Å². The van der Waals surface area contributed by atoms with Gasteiger partial charge in [0.05, 0.1) is 31.5 Å². The standard InChI is InChI=1S/C21H25ClN2O4/c1-5-15-6-8-17(9-7-15)14(2)24-20(25)13-28-23-12-16-10-18(22)21(27-4)19(11-16)26-3/h6-12,14H,5,13H2,1-4H3,(H,24,25)/b23-12-/t14-/m1/s1. The Morgan fingerprint density at radius 2 is 1.93 bits per heavy atom. The van der Waals surface area contributed by atoms with E-state index in [2.05, 4.69) is 29.5 Å². The van der Waals surface area contributed by atoms with E-state index in [0.717, 1.165) is 12.0 Å². The molecule has 0 aliphatic heterocycles. The highest BCUT2D eigenvalue weighted by Gasteiger charge is 2.11. The molecule has 0 aromatic heterocycles. The zero-order valence-electron chi connectivity index (χ0n) is 16.5. The molecule has 1 atom stereocenters. The number of amides is 1. The Hall–Kier alpha value is -2.73. The second-order valence-electron chi connectivity index (χ2n) is 6.13. The topological polar surface area (TPSA) is 69.2 Å². The molecule has 2 aromatic carbocycles. The highest BCUT2D eigenvalue weighted by molar-refractivity contribution is 6.32. The number of ether oxygens (including phenoxy) is 2. The quantitative estimate of drug-likeness (QED) is 0.503. The fourth-order valence-corrected chi connectivity index (χ4v) is 2.91. The number of hydrogen-bond donors (Lipinski definition) is 1. The van der Waals surface area contributed by atoms with Crippen molar-refractivity contribution in [3.05, 3.63) is 58.1 Å². The number of methoxy groups -OCH3 is 2. The third kappa shape index (κ3) is 5.89. The van der Waals surface area contributed by atoms with Crippen molar-refractivity contribution < 1.29 is 19.1 Å². The summed E-state index contributed by atoms with van der Waals surface area (Å²) in [5.41, 5.74) is 2.96. The van der Waals surface area contributed by atoms with E-state index in [-0.39, 0.29) is 18.6 Å². The summed E-state index contributed by atoms with van der Waals surface area (Å²) in [5.74, 6) is 0.675. The van der Waals surface area contributed by atoms with Crippen molar-refractivity contribution in [2.24, 2.45) is 5.16 Å². The number of benzene rings is 2. The summed E-state index contributed by atoms with van der Waals surface area (Å²) in [6.45, 7) is 3.84. The van der Waals surface area contributed by atoms with Gasteiger partial charge in [-0.2, -0.15) is 0 Å². The molecule has 0 heterocycles. The fraction of sp³-hybridized carbons (Fsp3) is 0.333. The van der Waals surface area contributed by atoms with Crippen LogP contribution in [0.25, 0.3) is 0 Å². The molecule has 0 saturated heterocycles. The Labute approximate surface area is 170 Å². The van der Waals surface area contributed by atoms with Crippen molar-refractivity contribution in [3.8, 4) is 11.5 Å². The third-order valence-electron chi connectivity index (χ3n) is 4.19. The molecular formula is C21H25ClN2O4. The van der Waals surface area contributed by atoms with Crippen LogP contribution >= 0.6 is 11.6 Å². The highest BCUT2D eigenvalue weighted by Crippen LogP contribution is 2.35. The Morgan fingerprint density at radius 1 is 1.21 bits per heavy atom. The lowest BCUT2D eigenvalue weighted by atomic mass is 10.1. The lowest BCUT2D eigenvalue weighted by Crippen LogP contribution is -2.29. The zero-order chi connectivity index (χ0) is 20.5. The van der Waals surface area contributed by atoms with Gasteiger partial charge in [0.2, 0.25) is 0 Å². The summed E-state index contributed by atoms with van der Waals surface area (Å²) >= 11 is 6.14. The molecule has 0 radical (unpaired) electrons. The van der Waals surface area contributed by atoms with E-state index in [1.54, 1.807) is 12.1 Å². The molecule has 0 fully saturated rings. The summed E-state index contributed by atoms with van der Waals surface area (Å²) in [6.07, 6.45) is 2.44. The molecule has 0 spiro atoms. The van der Waals surface area contributed by atoms with Gasteiger partial charge in [0.15, 0.2) is 18.1 Å². The summed E-state index contributed by atoms with van der Waals surface area (Å²) in [6, 6.07) is 11.4. The Balaban J connectivity index is 1.86. The van der Waals surface area contributed by atoms with E-state index in [1.807, 2.05) is 19.1 Å². The van der Waals surface area contributed by atoms with Crippen LogP contribution in [0.3, 0.4) is 0 Å². The zero-order valence-corrected chi connectivity index (χ0v) is 17.2. The van der Waals surface area contributed by atoms with Gasteiger partial charge < -0.3 is 19.6 Å². The van der Waals surface area contributed by atoms with Gasteiger partial charge in [-0.1, -0.05) is 47.9 Å². The molecule has 1 N–H and O–H groups in total. The maximum Gasteiger partial charge on any atom is 0.261 e. The van der Waals surface area contributed by atoms with E-state index in [1.165, 1.54) is 26.0 Å². The normalized spacial score (nSPS) is 11.9. The molecule has 0 saturated carbocycles. The van der Waals surface area contributed by atoms with Crippen molar-refractivity contribution in [2.75, 3.05) is 20.8 Å². The van der Waals surface area contributed by atoms with Crippen molar-refractivity contribution in [1.82, 2.24) is 5.32 Å². The van der Waals surface area contributed by atoms with Gasteiger partial charge in [0.25, 0.3) is 5.91 Å². The van der Waals surface area contributed by atoms with Crippen LogP contribution < -0.4 is 14.8 Å². The van der Waals surface area contributed by atoms with Crippen LogP contribution in [0.2, 0.25) is 5.02 Å². The Morgan fingerprint density at radius 3 is 2.54 bits per heavy atom. The molecule has 150 valence electrons. The van der Waals surface area contributed by atoms with Crippen molar-refractivity contribution in [1.29, 1.82) is 0 Å². The van der Waals surface area contributed by atoms with Crippen molar-refractivity contribution in [3.63, 3.8) is 0 Å². The monoisotopic (exact) mass is 404 g/mol. The van der Waals surface area contributed by atoms with Gasteiger partial charge in [-0.15, -0.1) is 0 Å². The van der Waals surface area contributed by atoms with E-state index in [4.69, 9.17) is 25.9 Å². The maximum absolute atomic E-state index is 12.0. The van der Waals surface area contributed by atoms with Gasteiger partial charge >= 0.3 is 0 Å². The second-order valence-corrected chi connectivity index (χ2v) is 6.54. The van der Waals surface area contributed by atoms with E-state index >= 15 is 0 Å². The summed E-state index contributed by atoms with van der Waals surface area (Å²) in [5, 5.41) is 7.09. The van der Waals surface area contributed by atoms with Gasteiger partial charge in [-0.3, -0.25) is 4.79 Å². The van der Waals surface area contributed by atoms with Gasteiger partial charge in [0.1, 0.15) is 0 Å². The van der Waals surface area contributed by atoms with Crippen LogP contribution in [0.4, 0.5) is 0 Å². The fourth-order valence-electron chi connectivity index (χ4n) is 2.61. The van der Waals surface area contributed by atoms with Crippen molar-refractivity contribution >= 4 is 23.7 Å². The van der Waals surface area contributed by atoms with Gasteiger partial charge in [-0.05, 0) is 36.6 Å². The highest BCUT2D eigenvalue weighted by atomic mass is 35.5. The second kappa shape index (κ2) is 10.6. The largest absolute Gasteiger partial charge is 0.493 e. The average Bonchev–Trinajstić information content (AvgIpc) is 2.70. The molecule has 0 aliphatic carbocycles. The Kier molecular flexibility index (Phi) is 8.14. The maximum atomic E-state index is 12.0. The molecule has 7 heteroatoms. The number of carbonyl (C=O) groups is 1. The van der Waals surface area contributed by atoms with Crippen LogP contribution in [-0.2, 0) is 16.1 Å². The SMILES string of the molecule is CCc1ccc([C@@H](C)NC(=O)CO/N=C\c2cc(Cl)c(OC)c(OC)c2)cc1. The lowest BCUT2D eigenvalue weighted by Gasteiger charge is -2.14. The number of nitrogens with one attached hydrogen (secondary N) is 1. The molecule has 0 bridgehead atoms. The van der Waals surface area contributed by atoms with Crippen LogP contribution in [0.5, 0.6) is 11.5 Å².